The van der Waals surface area contributed by atoms with Crippen LogP contribution in [0, 0.1) is 11.8 Å². The molecule has 0 fully saturated rings. The normalized spacial score (nSPS) is 14.3. The molecular formula is C43H51N3O7. The lowest BCUT2D eigenvalue weighted by molar-refractivity contribution is -0.145. The quantitative estimate of drug-likeness (QED) is 0.0929. The Labute approximate surface area is 312 Å². The van der Waals surface area contributed by atoms with Crippen LogP contribution in [0.15, 0.2) is 121 Å². The standard InChI is InChI=1S/C43H51N3O7/c1-4-30(2)39(41(49)44-37(42(50)52-3)27-33-21-13-7-14-22-33)46-40(48)35(25-31-17-9-5-10-18-31)28-38(47)36(26-32-19-11-6-12-20-32)45-43(51)53-29-34-23-15-8-16-24-34/h5-24,30,35-39,47H,4,25-29H2,1-3H3,(H,44,49)(H,45,51)(H,46,48)/t30-,35-,36-,37-,38-,39-/m0/s1. The number of amides is 3. The molecule has 280 valence electrons. The first-order valence-corrected chi connectivity index (χ1v) is 18.1. The summed E-state index contributed by atoms with van der Waals surface area (Å²) in [6.07, 6.45) is -0.534. The third-order valence-corrected chi connectivity index (χ3v) is 9.38. The van der Waals surface area contributed by atoms with Gasteiger partial charge in [0.2, 0.25) is 11.8 Å². The van der Waals surface area contributed by atoms with E-state index in [0.29, 0.717) is 6.42 Å². The fraction of sp³-hybridized carbons (Fsp3) is 0.349. The summed E-state index contributed by atoms with van der Waals surface area (Å²) in [5.74, 6) is -2.62. The van der Waals surface area contributed by atoms with Crippen LogP contribution in [0.4, 0.5) is 4.79 Å². The maximum absolute atomic E-state index is 14.2. The lowest BCUT2D eigenvalue weighted by Gasteiger charge is -2.30. The zero-order valence-corrected chi connectivity index (χ0v) is 30.7. The van der Waals surface area contributed by atoms with Crippen molar-refractivity contribution in [2.24, 2.45) is 11.8 Å². The molecule has 0 spiro atoms. The molecule has 0 aliphatic carbocycles. The molecular weight excluding hydrogens is 670 g/mol. The molecule has 4 rings (SSSR count). The molecule has 0 aromatic heterocycles. The third-order valence-electron chi connectivity index (χ3n) is 9.38. The molecule has 53 heavy (non-hydrogen) atoms. The van der Waals surface area contributed by atoms with E-state index in [1.165, 1.54) is 7.11 Å². The molecule has 0 bridgehead atoms. The number of hydrogen-bond acceptors (Lipinski definition) is 7. The van der Waals surface area contributed by atoms with Crippen molar-refractivity contribution < 1.29 is 33.8 Å². The highest BCUT2D eigenvalue weighted by Gasteiger charge is 2.34. The third kappa shape index (κ3) is 13.2. The SMILES string of the molecule is CC[C@H](C)[C@H](NC(=O)[C@@H](Cc1ccccc1)C[C@H](O)[C@H](Cc1ccccc1)NC(=O)OCc1ccccc1)C(=O)N[C@@H](Cc1ccccc1)C(=O)OC. The van der Waals surface area contributed by atoms with E-state index >= 15 is 0 Å². The number of rotatable bonds is 19. The smallest absolute Gasteiger partial charge is 0.407 e. The van der Waals surface area contributed by atoms with Crippen molar-refractivity contribution in [1.29, 1.82) is 0 Å². The summed E-state index contributed by atoms with van der Waals surface area (Å²) in [6, 6.07) is 34.7. The molecule has 6 atom stereocenters. The minimum Gasteiger partial charge on any atom is -0.467 e. The molecule has 4 N–H and O–H groups in total. The van der Waals surface area contributed by atoms with Crippen LogP contribution in [-0.4, -0.2) is 60.3 Å². The topological polar surface area (TPSA) is 143 Å². The number of hydrogen-bond donors (Lipinski definition) is 4. The number of methoxy groups -OCH3 is 1. The van der Waals surface area contributed by atoms with E-state index in [4.69, 9.17) is 9.47 Å². The Morgan fingerprint density at radius 1 is 0.642 bits per heavy atom. The summed E-state index contributed by atoms with van der Waals surface area (Å²) in [5, 5.41) is 20.4. The fourth-order valence-corrected chi connectivity index (χ4v) is 6.12. The highest BCUT2D eigenvalue weighted by molar-refractivity contribution is 5.91. The van der Waals surface area contributed by atoms with Gasteiger partial charge in [0.05, 0.1) is 19.3 Å². The van der Waals surface area contributed by atoms with Crippen molar-refractivity contribution in [2.75, 3.05) is 7.11 Å². The van der Waals surface area contributed by atoms with Crippen LogP contribution in [-0.2, 0) is 49.7 Å². The van der Waals surface area contributed by atoms with Crippen LogP contribution in [0.2, 0.25) is 0 Å². The van der Waals surface area contributed by atoms with Gasteiger partial charge in [0.1, 0.15) is 18.7 Å². The molecule has 0 radical (unpaired) electrons. The van der Waals surface area contributed by atoms with E-state index in [-0.39, 0.29) is 38.2 Å². The Balaban J connectivity index is 1.54. The number of esters is 1. The summed E-state index contributed by atoms with van der Waals surface area (Å²) >= 11 is 0. The number of nitrogens with one attached hydrogen (secondary N) is 3. The van der Waals surface area contributed by atoms with Crippen molar-refractivity contribution >= 4 is 23.9 Å². The highest BCUT2D eigenvalue weighted by atomic mass is 16.5. The second-order valence-corrected chi connectivity index (χ2v) is 13.3. The van der Waals surface area contributed by atoms with Gasteiger partial charge in [-0.15, -0.1) is 0 Å². The van der Waals surface area contributed by atoms with Crippen molar-refractivity contribution in [1.82, 2.24) is 16.0 Å². The van der Waals surface area contributed by atoms with Gasteiger partial charge in [-0.1, -0.05) is 142 Å². The number of carbonyl (C=O) groups is 4. The van der Waals surface area contributed by atoms with Crippen LogP contribution < -0.4 is 16.0 Å². The Morgan fingerprint density at radius 2 is 1.13 bits per heavy atom. The molecule has 0 saturated heterocycles. The average molecular weight is 722 g/mol. The predicted molar refractivity (Wildman–Crippen MR) is 203 cm³/mol. The second kappa shape index (κ2) is 21.1. The van der Waals surface area contributed by atoms with Gasteiger partial charge in [0.15, 0.2) is 0 Å². The maximum Gasteiger partial charge on any atom is 0.407 e. The van der Waals surface area contributed by atoms with Gasteiger partial charge < -0.3 is 30.5 Å². The van der Waals surface area contributed by atoms with Crippen LogP contribution in [0.1, 0.15) is 48.9 Å². The van der Waals surface area contributed by atoms with Gasteiger partial charge in [0, 0.05) is 12.3 Å². The molecule has 0 unspecified atom stereocenters. The van der Waals surface area contributed by atoms with Gasteiger partial charge in [-0.25, -0.2) is 9.59 Å². The lowest BCUT2D eigenvalue weighted by atomic mass is 9.88. The lowest BCUT2D eigenvalue weighted by Crippen LogP contribution is -2.56. The number of alkyl carbamates (subject to hydrolysis) is 1. The summed E-state index contributed by atoms with van der Waals surface area (Å²) < 4.78 is 10.5. The van der Waals surface area contributed by atoms with E-state index in [9.17, 15) is 24.3 Å². The number of aliphatic hydroxyl groups is 1. The van der Waals surface area contributed by atoms with Crippen LogP contribution >= 0.6 is 0 Å². The predicted octanol–water partition coefficient (Wildman–Crippen LogP) is 5.57. The van der Waals surface area contributed by atoms with Crippen molar-refractivity contribution in [2.45, 2.75) is 76.8 Å². The largest absolute Gasteiger partial charge is 0.467 e. The number of aliphatic hydroxyl groups excluding tert-OH is 1. The highest BCUT2D eigenvalue weighted by Crippen LogP contribution is 2.21. The molecule has 10 heteroatoms. The van der Waals surface area contributed by atoms with Gasteiger partial charge >= 0.3 is 12.1 Å². The Bertz CT molecular complexity index is 1710. The monoisotopic (exact) mass is 721 g/mol. The first-order valence-electron chi connectivity index (χ1n) is 18.1. The minimum absolute atomic E-state index is 0.0230. The second-order valence-electron chi connectivity index (χ2n) is 13.3. The Morgan fingerprint density at radius 3 is 1.64 bits per heavy atom. The first kappa shape index (κ1) is 40.3. The van der Waals surface area contributed by atoms with E-state index in [2.05, 4.69) is 16.0 Å². The number of benzene rings is 4. The molecule has 0 saturated carbocycles. The van der Waals surface area contributed by atoms with Gasteiger partial charge in [-0.3, -0.25) is 9.59 Å². The summed E-state index contributed by atoms with van der Waals surface area (Å²) in [7, 11) is 1.27. The van der Waals surface area contributed by atoms with Crippen molar-refractivity contribution in [3.8, 4) is 0 Å². The van der Waals surface area contributed by atoms with Crippen molar-refractivity contribution in [3.05, 3.63) is 144 Å². The minimum atomic E-state index is -1.16. The van der Waals surface area contributed by atoms with Gasteiger partial charge in [-0.05, 0) is 47.4 Å². The van der Waals surface area contributed by atoms with E-state index in [1.54, 1.807) is 0 Å². The number of ether oxygens (including phenoxy) is 2. The average Bonchev–Trinajstić information content (AvgIpc) is 3.19. The summed E-state index contributed by atoms with van der Waals surface area (Å²) in [6.45, 7) is 3.83. The maximum atomic E-state index is 14.2. The molecule has 0 heterocycles. The molecule has 4 aromatic rings. The van der Waals surface area contributed by atoms with E-state index < -0.39 is 54.0 Å². The summed E-state index contributed by atoms with van der Waals surface area (Å²) in [5.41, 5.74) is 3.41. The van der Waals surface area contributed by atoms with Gasteiger partial charge in [0.25, 0.3) is 0 Å². The van der Waals surface area contributed by atoms with E-state index in [1.807, 2.05) is 135 Å². The molecule has 0 aliphatic rings. The molecule has 4 aromatic carbocycles. The van der Waals surface area contributed by atoms with E-state index in [0.717, 1.165) is 22.3 Å². The molecule has 3 amide bonds. The zero-order valence-electron chi connectivity index (χ0n) is 30.7. The fourth-order valence-electron chi connectivity index (χ4n) is 6.12. The number of carbonyl (C=O) groups excluding carboxylic acids is 4. The molecule has 10 nitrogen and oxygen atoms in total. The van der Waals surface area contributed by atoms with Crippen LogP contribution in [0.25, 0.3) is 0 Å². The summed E-state index contributed by atoms with van der Waals surface area (Å²) in [4.78, 5) is 53.9. The first-order chi connectivity index (χ1) is 25.7. The Hall–Kier alpha value is -5.48. The van der Waals surface area contributed by atoms with Crippen LogP contribution in [0.3, 0.4) is 0 Å². The van der Waals surface area contributed by atoms with Gasteiger partial charge in [-0.2, -0.15) is 0 Å². The van der Waals surface area contributed by atoms with Crippen molar-refractivity contribution in [3.63, 3.8) is 0 Å². The van der Waals surface area contributed by atoms with Crippen LogP contribution in [0.5, 0.6) is 0 Å². The molecule has 0 aliphatic heterocycles. The zero-order chi connectivity index (χ0) is 38.0. The Kier molecular flexibility index (Phi) is 16.1.